The molecule has 0 aliphatic carbocycles. The van der Waals surface area contributed by atoms with Crippen LogP contribution in [-0.2, 0) is 6.54 Å². The highest BCUT2D eigenvalue weighted by Crippen LogP contribution is 2.23. The van der Waals surface area contributed by atoms with E-state index in [4.69, 9.17) is 10.5 Å². The van der Waals surface area contributed by atoms with E-state index < -0.39 is 0 Å². The lowest BCUT2D eigenvalue weighted by Crippen LogP contribution is -2.18. The van der Waals surface area contributed by atoms with E-state index in [1.165, 1.54) is 5.56 Å². The summed E-state index contributed by atoms with van der Waals surface area (Å²) in [7, 11) is 1.99. The SMILES string of the molecule is CCCOc1nc(N(C)Cc2ccncc2)ccc1N. The van der Waals surface area contributed by atoms with Crippen molar-refractivity contribution in [2.24, 2.45) is 0 Å². The number of rotatable bonds is 6. The van der Waals surface area contributed by atoms with Crippen LogP contribution in [0, 0.1) is 0 Å². The summed E-state index contributed by atoms with van der Waals surface area (Å²) in [4.78, 5) is 10.5. The van der Waals surface area contributed by atoms with Gasteiger partial charge < -0.3 is 15.4 Å². The van der Waals surface area contributed by atoms with Crippen molar-refractivity contribution in [2.75, 3.05) is 24.3 Å². The first-order valence-electron chi connectivity index (χ1n) is 6.70. The molecule has 0 saturated heterocycles. The molecule has 0 spiro atoms. The number of nitrogens with zero attached hydrogens (tertiary/aromatic N) is 3. The summed E-state index contributed by atoms with van der Waals surface area (Å²) < 4.78 is 5.55. The molecule has 0 amide bonds. The molecule has 0 aliphatic rings. The van der Waals surface area contributed by atoms with E-state index >= 15 is 0 Å². The highest BCUT2D eigenvalue weighted by atomic mass is 16.5. The maximum absolute atomic E-state index is 5.87. The van der Waals surface area contributed by atoms with E-state index in [1.54, 1.807) is 12.4 Å². The minimum absolute atomic E-state index is 0.505. The molecular formula is C15H20N4O. The summed E-state index contributed by atoms with van der Waals surface area (Å²) in [6.07, 6.45) is 4.50. The Bertz CT molecular complexity index is 545. The Balaban J connectivity index is 2.11. The molecule has 5 nitrogen and oxygen atoms in total. The average Bonchev–Trinajstić information content (AvgIpc) is 2.47. The molecule has 2 aromatic rings. The van der Waals surface area contributed by atoms with Crippen LogP contribution in [0.3, 0.4) is 0 Å². The summed E-state index contributed by atoms with van der Waals surface area (Å²) in [6.45, 7) is 3.43. The number of hydrogen-bond acceptors (Lipinski definition) is 5. The van der Waals surface area contributed by atoms with Gasteiger partial charge in [0.05, 0.1) is 12.3 Å². The van der Waals surface area contributed by atoms with Crippen molar-refractivity contribution < 1.29 is 4.74 Å². The minimum Gasteiger partial charge on any atom is -0.476 e. The number of nitrogen functional groups attached to an aromatic ring is 1. The van der Waals surface area contributed by atoms with Gasteiger partial charge in [-0.1, -0.05) is 6.92 Å². The number of nitrogens with two attached hydrogens (primary N) is 1. The second-order valence-electron chi connectivity index (χ2n) is 4.62. The smallest absolute Gasteiger partial charge is 0.239 e. The van der Waals surface area contributed by atoms with Gasteiger partial charge in [0.15, 0.2) is 0 Å². The largest absolute Gasteiger partial charge is 0.476 e. The first-order chi connectivity index (χ1) is 9.70. The zero-order chi connectivity index (χ0) is 14.4. The van der Waals surface area contributed by atoms with Crippen molar-refractivity contribution in [3.8, 4) is 5.88 Å². The first kappa shape index (κ1) is 14.1. The van der Waals surface area contributed by atoms with Gasteiger partial charge in [0.1, 0.15) is 5.82 Å². The third kappa shape index (κ3) is 3.60. The molecule has 0 saturated carbocycles. The maximum Gasteiger partial charge on any atom is 0.239 e. The Labute approximate surface area is 119 Å². The van der Waals surface area contributed by atoms with Crippen LogP contribution in [0.25, 0.3) is 0 Å². The van der Waals surface area contributed by atoms with Gasteiger partial charge in [0, 0.05) is 26.0 Å². The Morgan fingerprint density at radius 1 is 1.20 bits per heavy atom. The van der Waals surface area contributed by atoms with E-state index in [9.17, 15) is 0 Å². The van der Waals surface area contributed by atoms with Crippen molar-refractivity contribution in [3.63, 3.8) is 0 Å². The normalized spacial score (nSPS) is 10.3. The van der Waals surface area contributed by atoms with Crippen LogP contribution in [0.5, 0.6) is 5.88 Å². The molecule has 0 radical (unpaired) electrons. The molecule has 0 atom stereocenters. The van der Waals surface area contributed by atoms with E-state index in [2.05, 4.69) is 16.9 Å². The molecule has 2 aromatic heterocycles. The van der Waals surface area contributed by atoms with Crippen molar-refractivity contribution in [1.29, 1.82) is 0 Å². The van der Waals surface area contributed by atoms with Gasteiger partial charge in [-0.2, -0.15) is 4.98 Å². The van der Waals surface area contributed by atoms with Gasteiger partial charge in [-0.05, 0) is 36.2 Å². The summed E-state index contributed by atoms with van der Waals surface area (Å²) in [6, 6.07) is 7.70. The minimum atomic E-state index is 0.505. The second kappa shape index (κ2) is 6.75. The lowest BCUT2D eigenvalue weighted by Gasteiger charge is -2.19. The van der Waals surface area contributed by atoms with Crippen molar-refractivity contribution in [3.05, 3.63) is 42.2 Å². The molecule has 0 aliphatic heterocycles. The first-order valence-corrected chi connectivity index (χ1v) is 6.70. The molecule has 2 N–H and O–H groups in total. The molecule has 106 valence electrons. The monoisotopic (exact) mass is 272 g/mol. The zero-order valence-electron chi connectivity index (χ0n) is 11.9. The molecule has 2 rings (SSSR count). The number of aromatic nitrogens is 2. The lowest BCUT2D eigenvalue weighted by molar-refractivity contribution is 0.307. The van der Waals surface area contributed by atoms with E-state index in [-0.39, 0.29) is 0 Å². The fourth-order valence-electron chi connectivity index (χ4n) is 1.81. The molecule has 0 unspecified atom stereocenters. The second-order valence-corrected chi connectivity index (χ2v) is 4.62. The fourth-order valence-corrected chi connectivity index (χ4v) is 1.81. The standard InChI is InChI=1S/C15H20N4O/c1-3-10-20-15-13(16)4-5-14(18-15)19(2)11-12-6-8-17-9-7-12/h4-9H,3,10-11,16H2,1-2H3. The van der Waals surface area contributed by atoms with Crippen LogP contribution in [0.15, 0.2) is 36.7 Å². The van der Waals surface area contributed by atoms with Gasteiger partial charge in [-0.25, -0.2) is 0 Å². The third-order valence-electron chi connectivity index (χ3n) is 2.88. The van der Waals surface area contributed by atoms with E-state index in [0.717, 1.165) is 18.8 Å². The van der Waals surface area contributed by atoms with E-state index in [0.29, 0.717) is 18.2 Å². The van der Waals surface area contributed by atoms with Crippen LogP contribution >= 0.6 is 0 Å². The number of hydrogen-bond donors (Lipinski definition) is 1. The zero-order valence-corrected chi connectivity index (χ0v) is 11.9. The van der Waals surface area contributed by atoms with Crippen molar-refractivity contribution in [1.82, 2.24) is 9.97 Å². The van der Waals surface area contributed by atoms with Gasteiger partial charge in [0.2, 0.25) is 5.88 Å². The van der Waals surface area contributed by atoms with Crippen LogP contribution in [0.2, 0.25) is 0 Å². The predicted octanol–water partition coefficient (Wildman–Crippen LogP) is 2.48. The van der Waals surface area contributed by atoms with Crippen LogP contribution in [0.1, 0.15) is 18.9 Å². The molecule has 2 heterocycles. The van der Waals surface area contributed by atoms with Gasteiger partial charge >= 0.3 is 0 Å². The number of pyridine rings is 2. The molecule has 5 heteroatoms. The highest BCUT2D eigenvalue weighted by molar-refractivity contribution is 5.54. The van der Waals surface area contributed by atoms with Crippen LogP contribution in [-0.4, -0.2) is 23.6 Å². The van der Waals surface area contributed by atoms with E-state index in [1.807, 2.05) is 36.2 Å². The maximum atomic E-state index is 5.87. The highest BCUT2D eigenvalue weighted by Gasteiger charge is 2.08. The molecule has 20 heavy (non-hydrogen) atoms. The molecule has 0 aromatic carbocycles. The Morgan fingerprint density at radius 3 is 2.65 bits per heavy atom. The average molecular weight is 272 g/mol. The van der Waals surface area contributed by atoms with Crippen LogP contribution in [0.4, 0.5) is 11.5 Å². The molecular weight excluding hydrogens is 252 g/mol. The summed E-state index contributed by atoms with van der Waals surface area (Å²) in [5.41, 5.74) is 7.62. The number of ether oxygens (including phenoxy) is 1. The quantitative estimate of drug-likeness (QED) is 0.875. The van der Waals surface area contributed by atoms with Gasteiger partial charge in [0.25, 0.3) is 0 Å². The summed E-state index contributed by atoms with van der Waals surface area (Å²) in [5.74, 6) is 1.34. The number of anilines is 2. The van der Waals surface area contributed by atoms with Crippen molar-refractivity contribution in [2.45, 2.75) is 19.9 Å². The van der Waals surface area contributed by atoms with Gasteiger partial charge in [-0.15, -0.1) is 0 Å². The Morgan fingerprint density at radius 2 is 1.95 bits per heavy atom. The van der Waals surface area contributed by atoms with Gasteiger partial charge in [-0.3, -0.25) is 4.98 Å². The fraction of sp³-hybridized carbons (Fsp3) is 0.333. The predicted molar refractivity (Wildman–Crippen MR) is 80.8 cm³/mol. The lowest BCUT2D eigenvalue weighted by atomic mass is 10.2. The molecule has 0 fully saturated rings. The Hall–Kier alpha value is -2.30. The van der Waals surface area contributed by atoms with Crippen molar-refractivity contribution >= 4 is 11.5 Å². The Kier molecular flexibility index (Phi) is 4.76. The summed E-state index contributed by atoms with van der Waals surface area (Å²) >= 11 is 0. The van der Waals surface area contributed by atoms with Crippen LogP contribution < -0.4 is 15.4 Å². The third-order valence-corrected chi connectivity index (χ3v) is 2.88. The summed E-state index contributed by atoms with van der Waals surface area (Å²) in [5, 5.41) is 0. The topological polar surface area (TPSA) is 64.3 Å². The molecule has 0 bridgehead atoms.